The van der Waals surface area contributed by atoms with Gasteiger partial charge in [0.05, 0.1) is 7.85 Å². The van der Waals surface area contributed by atoms with Crippen molar-refractivity contribution in [3.63, 3.8) is 0 Å². The van der Waals surface area contributed by atoms with Crippen molar-refractivity contribution in [1.29, 1.82) is 0 Å². The van der Waals surface area contributed by atoms with E-state index in [0.29, 0.717) is 6.32 Å². The molecule has 0 amide bonds. The van der Waals surface area contributed by atoms with E-state index >= 15 is 0 Å². The predicted molar refractivity (Wildman–Crippen MR) is 43.7 cm³/mol. The third kappa shape index (κ3) is 5.42. The summed E-state index contributed by atoms with van der Waals surface area (Å²) in [4.78, 5) is 0. The Morgan fingerprint density at radius 1 is 1.56 bits per heavy atom. The topological polar surface area (TPSA) is 0 Å². The lowest BCUT2D eigenvalue weighted by Crippen LogP contribution is -1.67. The highest BCUT2D eigenvalue weighted by atomic mass is 13.8. The molecule has 1 heteroatoms. The van der Waals surface area contributed by atoms with Crippen molar-refractivity contribution in [2.45, 2.75) is 26.6 Å². The number of allylic oxidation sites excluding steroid dienone is 4. The van der Waals surface area contributed by atoms with Crippen LogP contribution in [0.4, 0.5) is 0 Å². The molecular formula is C8H13B. The summed E-state index contributed by atoms with van der Waals surface area (Å²) in [7, 11) is 5.26. The molecule has 0 fully saturated rings. The van der Waals surface area contributed by atoms with Crippen molar-refractivity contribution in [3.8, 4) is 0 Å². The Morgan fingerprint density at radius 2 is 2.22 bits per heavy atom. The molecular weight excluding hydrogens is 107 g/mol. The van der Waals surface area contributed by atoms with Gasteiger partial charge in [0.15, 0.2) is 0 Å². The lowest BCUT2D eigenvalue weighted by molar-refractivity contribution is 1.20. The Morgan fingerprint density at radius 3 is 2.67 bits per heavy atom. The Hall–Kier alpha value is -0.455. The summed E-state index contributed by atoms with van der Waals surface area (Å²) in [6.07, 6.45) is 7.91. The average molecular weight is 120 g/mol. The summed E-state index contributed by atoms with van der Waals surface area (Å²) in [5.41, 5.74) is 1.29. The Kier molecular flexibility index (Phi) is 5.39. The summed E-state index contributed by atoms with van der Waals surface area (Å²) in [5, 5.41) is 0. The van der Waals surface area contributed by atoms with Gasteiger partial charge in [0.2, 0.25) is 0 Å². The van der Waals surface area contributed by atoms with E-state index in [9.17, 15) is 0 Å². The van der Waals surface area contributed by atoms with E-state index in [1.165, 1.54) is 5.57 Å². The van der Waals surface area contributed by atoms with Gasteiger partial charge in [-0.05, 0) is 13.3 Å². The van der Waals surface area contributed by atoms with Crippen LogP contribution in [0.15, 0.2) is 23.8 Å². The zero-order valence-electron chi connectivity index (χ0n) is 6.22. The van der Waals surface area contributed by atoms with E-state index in [4.69, 9.17) is 7.85 Å². The Labute approximate surface area is 59.1 Å². The normalized spacial score (nSPS) is 12.9. The molecule has 0 aromatic carbocycles. The van der Waals surface area contributed by atoms with Gasteiger partial charge in [-0.1, -0.05) is 37.0 Å². The number of hydrogen-bond donors (Lipinski definition) is 0. The van der Waals surface area contributed by atoms with Crippen molar-refractivity contribution < 1.29 is 0 Å². The van der Waals surface area contributed by atoms with Crippen LogP contribution in [0.5, 0.6) is 0 Å². The number of hydrogen-bond acceptors (Lipinski definition) is 0. The van der Waals surface area contributed by atoms with E-state index in [2.05, 4.69) is 19.9 Å². The fourth-order valence-electron chi connectivity index (χ4n) is 0.644. The SMILES string of the molecule is [B]C/C=C\C(C)=C/CC. The summed E-state index contributed by atoms with van der Waals surface area (Å²) < 4.78 is 0. The van der Waals surface area contributed by atoms with Crippen LogP contribution in [-0.4, -0.2) is 7.85 Å². The zero-order chi connectivity index (χ0) is 7.11. The monoisotopic (exact) mass is 120 g/mol. The fraction of sp³-hybridized carbons (Fsp3) is 0.500. The Balaban J connectivity index is 3.60. The van der Waals surface area contributed by atoms with Gasteiger partial charge in [-0.15, -0.1) is 0 Å². The second-order valence-corrected chi connectivity index (χ2v) is 1.99. The minimum atomic E-state index is 0.634. The molecule has 0 atom stereocenters. The first-order chi connectivity index (χ1) is 4.31. The summed E-state index contributed by atoms with van der Waals surface area (Å²) in [6, 6.07) is 0. The minimum Gasteiger partial charge on any atom is -0.0929 e. The second kappa shape index (κ2) is 5.68. The Bertz CT molecular complexity index is 112. The van der Waals surface area contributed by atoms with Crippen molar-refractivity contribution >= 4 is 7.85 Å². The zero-order valence-corrected chi connectivity index (χ0v) is 6.22. The highest BCUT2D eigenvalue weighted by molar-refractivity contribution is 6.09. The van der Waals surface area contributed by atoms with Crippen molar-refractivity contribution in [2.24, 2.45) is 0 Å². The molecule has 0 saturated heterocycles. The summed E-state index contributed by atoms with van der Waals surface area (Å²) >= 11 is 0. The fourth-order valence-corrected chi connectivity index (χ4v) is 0.644. The third-order valence-electron chi connectivity index (χ3n) is 1.04. The molecule has 0 heterocycles. The standard InChI is InChI=1S/C8H13B/c1-3-5-8(2)6-4-7-9/h4-6H,3,7H2,1-2H3/b6-4-,8-5-. The van der Waals surface area contributed by atoms with Crippen molar-refractivity contribution in [1.82, 2.24) is 0 Å². The van der Waals surface area contributed by atoms with E-state index in [1.54, 1.807) is 0 Å². The maximum absolute atomic E-state index is 5.26. The van der Waals surface area contributed by atoms with E-state index in [-0.39, 0.29) is 0 Å². The number of rotatable bonds is 3. The molecule has 0 rings (SSSR count). The van der Waals surface area contributed by atoms with Gasteiger partial charge in [-0.2, -0.15) is 0 Å². The van der Waals surface area contributed by atoms with Crippen LogP contribution >= 0.6 is 0 Å². The van der Waals surface area contributed by atoms with Crippen LogP contribution in [0.25, 0.3) is 0 Å². The molecule has 0 aromatic heterocycles. The average Bonchev–Trinajstić information content (AvgIpc) is 1.85. The largest absolute Gasteiger partial charge is 0.0929 e. The minimum absolute atomic E-state index is 0.634. The molecule has 0 nitrogen and oxygen atoms in total. The van der Waals surface area contributed by atoms with Gasteiger partial charge in [0.25, 0.3) is 0 Å². The molecule has 0 aliphatic rings. The molecule has 0 N–H and O–H groups in total. The van der Waals surface area contributed by atoms with Gasteiger partial charge < -0.3 is 0 Å². The van der Waals surface area contributed by atoms with Gasteiger partial charge in [-0.25, -0.2) is 0 Å². The molecule has 0 spiro atoms. The van der Waals surface area contributed by atoms with E-state index in [0.717, 1.165) is 6.42 Å². The second-order valence-electron chi connectivity index (χ2n) is 1.99. The third-order valence-corrected chi connectivity index (χ3v) is 1.04. The lowest BCUT2D eigenvalue weighted by Gasteiger charge is -1.87. The lowest BCUT2D eigenvalue weighted by atomic mass is 10.0. The van der Waals surface area contributed by atoms with E-state index in [1.807, 2.05) is 12.2 Å². The molecule has 0 unspecified atom stereocenters. The molecule has 2 radical (unpaired) electrons. The smallest absolute Gasteiger partial charge is 0.0708 e. The molecule has 9 heavy (non-hydrogen) atoms. The van der Waals surface area contributed by atoms with Gasteiger partial charge in [-0.3, -0.25) is 0 Å². The van der Waals surface area contributed by atoms with Crippen LogP contribution in [0.2, 0.25) is 6.32 Å². The molecule has 0 aromatic rings. The molecule has 48 valence electrons. The molecule has 0 bridgehead atoms. The van der Waals surface area contributed by atoms with Gasteiger partial charge in [0.1, 0.15) is 0 Å². The van der Waals surface area contributed by atoms with Gasteiger partial charge >= 0.3 is 0 Å². The predicted octanol–water partition coefficient (Wildman–Crippen LogP) is 2.49. The van der Waals surface area contributed by atoms with Crippen LogP contribution in [0.3, 0.4) is 0 Å². The van der Waals surface area contributed by atoms with Crippen LogP contribution in [0, 0.1) is 0 Å². The summed E-state index contributed by atoms with van der Waals surface area (Å²) in [6.45, 7) is 4.20. The highest BCUT2D eigenvalue weighted by Crippen LogP contribution is 1.96. The molecule has 0 aliphatic heterocycles. The van der Waals surface area contributed by atoms with E-state index < -0.39 is 0 Å². The maximum atomic E-state index is 5.26. The first-order valence-electron chi connectivity index (χ1n) is 3.34. The van der Waals surface area contributed by atoms with Crippen molar-refractivity contribution in [2.75, 3.05) is 0 Å². The summed E-state index contributed by atoms with van der Waals surface area (Å²) in [5.74, 6) is 0. The van der Waals surface area contributed by atoms with Crippen LogP contribution < -0.4 is 0 Å². The molecule has 0 aliphatic carbocycles. The van der Waals surface area contributed by atoms with Crippen LogP contribution in [-0.2, 0) is 0 Å². The maximum Gasteiger partial charge on any atom is 0.0708 e. The molecule has 0 saturated carbocycles. The van der Waals surface area contributed by atoms with Gasteiger partial charge in [0, 0.05) is 0 Å². The van der Waals surface area contributed by atoms with Crippen molar-refractivity contribution in [3.05, 3.63) is 23.8 Å². The first-order valence-corrected chi connectivity index (χ1v) is 3.34. The van der Waals surface area contributed by atoms with Crippen LogP contribution in [0.1, 0.15) is 20.3 Å². The quantitative estimate of drug-likeness (QED) is 0.396. The first kappa shape index (κ1) is 8.54. The highest BCUT2D eigenvalue weighted by Gasteiger charge is 1.75.